The first-order valence-electron chi connectivity index (χ1n) is 9.87. The number of hydrogen-bond acceptors (Lipinski definition) is 6. The molecule has 0 aromatic heterocycles. The molecule has 0 bridgehead atoms. The Hall–Kier alpha value is -1.95. The molecule has 3 rings (SSSR count). The second-order valence-corrected chi connectivity index (χ2v) is 9.63. The van der Waals surface area contributed by atoms with Gasteiger partial charge in [-0.05, 0) is 54.4 Å². The Balaban J connectivity index is 0.000000258. The third-order valence-corrected chi connectivity index (χ3v) is 6.87. The highest BCUT2D eigenvalue weighted by Crippen LogP contribution is 2.27. The number of nitrogen functional groups attached to an aromatic ring is 1. The lowest BCUT2D eigenvalue weighted by molar-refractivity contribution is -0.0907. The number of halogens is 3. The lowest BCUT2D eigenvalue weighted by atomic mass is 10.1. The molecule has 2 N–H and O–H groups in total. The second kappa shape index (κ2) is 11.8. The van der Waals surface area contributed by atoms with E-state index in [0.717, 1.165) is 5.69 Å². The zero-order valence-electron chi connectivity index (χ0n) is 17.9. The quantitative estimate of drug-likeness (QED) is 0.495. The summed E-state index contributed by atoms with van der Waals surface area (Å²) < 4.78 is 70.8. The third-order valence-electron chi connectivity index (χ3n) is 5.28. The molecule has 2 aromatic carbocycles. The zero-order valence-corrected chi connectivity index (χ0v) is 19.5. The fraction of sp³-hybridized carbons (Fsp3) is 0.429. The van der Waals surface area contributed by atoms with Crippen LogP contribution in [0.1, 0.15) is 6.92 Å². The van der Waals surface area contributed by atoms with Crippen LogP contribution < -0.4 is 10.6 Å². The monoisotopic (exact) mass is 490 g/mol. The molecule has 1 aliphatic rings. The van der Waals surface area contributed by atoms with Gasteiger partial charge in [0.1, 0.15) is 0 Å². The molecule has 1 saturated heterocycles. The molecule has 11 heteroatoms. The average Bonchev–Trinajstić information content (AvgIpc) is 2.79. The Morgan fingerprint density at radius 2 is 1.56 bits per heavy atom. The molecule has 0 spiro atoms. The molecule has 32 heavy (non-hydrogen) atoms. The predicted octanol–water partition coefficient (Wildman–Crippen LogP) is 3.05. The smallest absolute Gasteiger partial charge is 0.290 e. The highest BCUT2D eigenvalue weighted by atomic mass is 32.2. The third kappa shape index (κ3) is 7.03. The lowest BCUT2D eigenvalue weighted by Gasteiger charge is -2.41. The van der Waals surface area contributed by atoms with Gasteiger partial charge in [0.05, 0.1) is 17.4 Å². The van der Waals surface area contributed by atoms with E-state index < -0.39 is 40.5 Å². The maximum absolute atomic E-state index is 13.4. The number of nitrogens with zero attached hydrogens (tertiary/aromatic N) is 2. The molecular formula is C21H27F3N3O3S2-. The van der Waals surface area contributed by atoms with E-state index >= 15 is 0 Å². The van der Waals surface area contributed by atoms with Crippen LogP contribution >= 0.6 is 0 Å². The van der Waals surface area contributed by atoms with Gasteiger partial charge < -0.3 is 15.2 Å². The van der Waals surface area contributed by atoms with Gasteiger partial charge in [-0.1, -0.05) is 12.1 Å². The molecular weight excluding hydrogens is 463 g/mol. The van der Waals surface area contributed by atoms with Gasteiger partial charge in [-0.15, -0.1) is 0 Å². The van der Waals surface area contributed by atoms with Gasteiger partial charge in [-0.2, -0.15) is 0 Å². The average molecular weight is 491 g/mol. The van der Waals surface area contributed by atoms with E-state index in [-0.39, 0.29) is 4.90 Å². The Kier molecular flexibility index (Phi) is 9.68. The summed E-state index contributed by atoms with van der Waals surface area (Å²) in [6, 6.07) is 12.4. The molecule has 0 radical (unpaired) electrons. The van der Waals surface area contributed by atoms with Crippen molar-refractivity contribution in [1.82, 2.24) is 4.90 Å². The Bertz CT molecular complexity index is 891. The van der Waals surface area contributed by atoms with Crippen molar-refractivity contribution >= 4 is 33.3 Å². The molecule has 1 fully saturated rings. The van der Waals surface area contributed by atoms with Gasteiger partial charge in [0.25, 0.3) is 5.92 Å². The number of alkyl halides is 3. The van der Waals surface area contributed by atoms with Crippen LogP contribution in [0.4, 0.5) is 24.5 Å². The number of piperazine rings is 1. The van der Waals surface area contributed by atoms with E-state index in [2.05, 4.69) is 4.90 Å². The van der Waals surface area contributed by atoms with Crippen molar-refractivity contribution in [2.45, 2.75) is 28.7 Å². The lowest BCUT2D eigenvalue weighted by Crippen LogP contribution is -2.55. The molecule has 6 nitrogen and oxygen atoms in total. The van der Waals surface area contributed by atoms with Crippen LogP contribution in [0.2, 0.25) is 0 Å². The molecule has 178 valence electrons. The largest absolute Gasteiger partial charge is 0.768 e. The van der Waals surface area contributed by atoms with Crippen molar-refractivity contribution in [2.75, 3.05) is 49.7 Å². The van der Waals surface area contributed by atoms with Crippen molar-refractivity contribution in [3.63, 3.8) is 0 Å². The maximum Gasteiger partial charge on any atom is 0.290 e. The topological polar surface area (TPSA) is 89.7 Å². The first kappa shape index (κ1) is 26.3. The summed E-state index contributed by atoms with van der Waals surface area (Å²) in [6.45, 7) is 1.95. The molecule has 3 atom stereocenters. The van der Waals surface area contributed by atoms with Gasteiger partial charge in [-0.3, -0.25) is 13.3 Å². The van der Waals surface area contributed by atoms with Crippen LogP contribution in [0.3, 0.4) is 0 Å². The summed E-state index contributed by atoms with van der Waals surface area (Å²) in [5.41, 5.74) is 7.52. The van der Waals surface area contributed by atoms with Gasteiger partial charge in [-0.25, -0.2) is 13.2 Å². The minimum absolute atomic E-state index is 0.212. The van der Waals surface area contributed by atoms with Crippen LogP contribution in [0, 0.1) is 0 Å². The van der Waals surface area contributed by atoms with Crippen molar-refractivity contribution < 1.29 is 26.1 Å². The molecule has 1 aliphatic heterocycles. The summed E-state index contributed by atoms with van der Waals surface area (Å²) in [4.78, 5) is 4.55. The summed E-state index contributed by atoms with van der Waals surface area (Å²) >= 11 is -2.20. The number of anilines is 2. The standard InChI is InChI=1S/C14H20F3N3.C7H8O3S2/c1-11(14(16,17)10-15)19-6-8-20(9-7-19)13-5-3-2-4-12(13)18;1-11(8)6-2-4-7(5-3-6)12(9)10/h2-5,11H,6-10,18H2,1H3;2-5H,1H3,(H,9,10)/p-1. The van der Waals surface area contributed by atoms with E-state index in [4.69, 9.17) is 5.73 Å². The van der Waals surface area contributed by atoms with Crippen LogP contribution in [-0.4, -0.2) is 68.9 Å². The molecule has 0 aliphatic carbocycles. The predicted molar refractivity (Wildman–Crippen MR) is 121 cm³/mol. The highest BCUT2D eigenvalue weighted by Gasteiger charge is 2.41. The van der Waals surface area contributed by atoms with E-state index in [1.165, 1.54) is 19.1 Å². The van der Waals surface area contributed by atoms with E-state index in [1.807, 2.05) is 24.3 Å². The van der Waals surface area contributed by atoms with Crippen LogP contribution in [-0.2, 0) is 21.9 Å². The summed E-state index contributed by atoms with van der Waals surface area (Å²) in [7, 11) is -1.05. The Morgan fingerprint density at radius 1 is 1.03 bits per heavy atom. The van der Waals surface area contributed by atoms with Gasteiger partial charge >= 0.3 is 0 Å². The van der Waals surface area contributed by atoms with E-state index in [1.54, 1.807) is 23.3 Å². The highest BCUT2D eigenvalue weighted by molar-refractivity contribution is 7.84. The van der Waals surface area contributed by atoms with Crippen molar-refractivity contribution in [2.24, 2.45) is 0 Å². The number of rotatable bonds is 6. The van der Waals surface area contributed by atoms with Crippen LogP contribution in [0.15, 0.2) is 58.3 Å². The zero-order chi connectivity index (χ0) is 23.9. The minimum atomic E-state index is -3.28. The van der Waals surface area contributed by atoms with Crippen LogP contribution in [0.25, 0.3) is 0 Å². The summed E-state index contributed by atoms with van der Waals surface area (Å²) in [5.74, 6) is -3.28. The molecule has 2 aromatic rings. The normalized spacial score (nSPS) is 17.8. The molecule has 0 saturated carbocycles. The number of nitrogens with two attached hydrogens (primary N) is 1. The Labute approximate surface area is 191 Å². The van der Waals surface area contributed by atoms with Crippen molar-refractivity contribution in [3.8, 4) is 0 Å². The van der Waals surface area contributed by atoms with E-state index in [9.17, 15) is 26.1 Å². The Morgan fingerprint density at radius 3 is 2.03 bits per heavy atom. The SMILES string of the molecule is CC(N1CCN(c2ccccc2N)CC1)C(F)(F)CF.CS(=O)c1ccc(S(=O)[O-])cc1. The maximum atomic E-state index is 13.4. The number of para-hydroxylation sites is 2. The van der Waals surface area contributed by atoms with E-state index in [0.29, 0.717) is 36.8 Å². The molecule has 0 amide bonds. The fourth-order valence-electron chi connectivity index (χ4n) is 3.25. The van der Waals surface area contributed by atoms with Crippen molar-refractivity contribution in [3.05, 3.63) is 48.5 Å². The van der Waals surface area contributed by atoms with Gasteiger partial charge in [0, 0.05) is 53.0 Å². The number of benzene rings is 2. The first-order valence-corrected chi connectivity index (χ1v) is 12.5. The van der Waals surface area contributed by atoms with Gasteiger partial charge in [0.2, 0.25) is 0 Å². The molecule has 1 heterocycles. The summed E-state index contributed by atoms with van der Waals surface area (Å²) in [5, 5.41) is 0. The number of hydrogen-bond donors (Lipinski definition) is 1. The summed E-state index contributed by atoms with van der Waals surface area (Å²) in [6.07, 6.45) is 1.54. The van der Waals surface area contributed by atoms with Crippen molar-refractivity contribution in [1.29, 1.82) is 0 Å². The minimum Gasteiger partial charge on any atom is -0.768 e. The van der Waals surface area contributed by atoms with Crippen LogP contribution in [0.5, 0.6) is 0 Å². The second-order valence-electron chi connectivity index (χ2n) is 7.31. The molecule has 3 unspecified atom stereocenters. The fourth-order valence-corrected chi connectivity index (χ4v) is 4.12. The first-order chi connectivity index (χ1) is 15.1. The van der Waals surface area contributed by atoms with Gasteiger partial charge in [0.15, 0.2) is 6.67 Å².